The third kappa shape index (κ3) is 3.90. The second-order valence-electron chi connectivity index (χ2n) is 5.31. The van der Waals surface area contributed by atoms with Crippen molar-refractivity contribution in [3.63, 3.8) is 0 Å². The van der Waals surface area contributed by atoms with E-state index < -0.39 is 0 Å². The Bertz CT molecular complexity index is 569. The van der Waals surface area contributed by atoms with Gasteiger partial charge >= 0.3 is 0 Å². The fourth-order valence-corrected chi connectivity index (χ4v) is 2.57. The van der Waals surface area contributed by atoms with Crippen LogP contribution in [0.3, 0.4) is 0 Å². The first-order chi connectivity index (χ1) is 10.2. The molecule has 0 fully saturated rings. The van der Waals surface area contributed by atoms with Gasteiger partial charge in [0.25, 0.3) is 0 Å². The Balaban J connectivity index is 2.22. The van der Waals surface area contributed by atoms with Gasteiger partial charge in [0.1, 0.15) is 5.82 Å². The molecule has 112 valence electrons. The maximum Gasteiger partial charge on any atom is 0.126 e. The molecule has 0 aliphatic rings. The number of benzene rings is 2. The standard InChI is InChI=1S/C18H23FN2/c1-3-21(13-15-7-5-4-6-8-15)18(12-20)16-10-9-14(2)17(19)11-16/h4-11,18H,3,12-13,20H2,1-2H3. The highest BCUT2D eigenvalue weighted by Gasteiger charge is 2.18. The van der Waals surface area contributed by atoms with Gasteiger partial charge in [0.05, 0.1) is 0 Å². The molecule has 2 nitrogen and oxygen atoms in total. The van der Waals surface area contributed by atoms with E-state index in [1.165, 1.54) is 5.56 Å². The van der Waals surface area contributed by atoms with E-state index >= 15 is 0 Å². The third-order valence-corrected chi connectivity index (χ3v) is 3.88. The van der Waals surface area contributed by atoms with E-state index in [0.717, 1.165) is 18.7 Å². The predicted octanol–water partition coefficient (Wildman–Crippen LogP) is 3.66. The minimum atomic E-state index is -0.165. The fraction of sp³-hybridized carbons (Fsp3) is 0.333. The van der Waals surface area contributed by atoms with Gasteiger partial charge in [0.15, 0.2) is 0 Å². The summed E-state index contributed by atoms with van der Waals surface area (Å²) >= 11 is 0. The molecule has 0 heterocycles. The lowest BCUT2D eigenvalue weighted by Crippen LogP contribution is -2.33. The Kier molecular flexibility index (Phi) is 5.48. The van der Waals surface area contributed by atoms with Crippen molar-refractivity contribution in [2.24, 2.45) is 5.73 Å². The molecule has 1 atom stereocenters. The molecule has 0 aliphatic carbocycles. The van der Waals surface area contributed by atoms with Crippen molar-refractivity contribution in [1.82, 2.24) is 4.90 Å². The number of hydrogen-bond acceptors (Lipinski definition) is 2. The highest BCUT2D eigenvalue weighted by atomic mass is 19.1. The van der Waals surface area contributed by atoms with Crippen LogP contribution in [-0.4, -0.2) is 18.0 Å². The van der Waals surface area contributed by atoms with E-state index in [1.807, 2.05) is 30.3 Å². The number of likely N-dealkylation sites (N-methyl/N-ethyl adjacent to an activating group) is 1. The van der Waals surface area contributed by atoms with Gasteiger partial charge in [-0.05, 0) is 36.2 Å². The van der Waals surface area contributed by atoms with Crippen LogP contribution < -0.4 is 5.73 Å². The highest BCUT2D eigenvalue weighted by molar-refractivity contribution is 5.26. The van der Waals surface area contributed by atoms with Gasteiger partial charge in [-0.15, -0.1) is 0 Å². The van der Waals surface area contributed by atoms with Crippen LogP contribution >= 0.6 is 0 Å². The summed E-state index contributed by atoms with van der Waals surface area (Å²) in [7, 11) is 0. The van der Waals surface area contributed by atoms with Crippen LogP contribution in [0.1, 0.15) is 29.7 Å². The zero-order valence-electron chi connectivity index (χ0n) is 12.7. The summed E-state index contributed by atoms with van der Waals surface area (Å²) in [5.41, 5.74) is 8.81. The molecule has 0 saturated heterocycles. The molecule has 0 amide bonds. The molecule has 2 N–H and O–H groups in total. The second-order valence-corrected chi connectivity index (χ2v) is 5.31. The molecule has 2 aromatic rings. The Morgan fingerprint density at radius 2 is 1.86 bits per heavy atom. The molecule has 3 heteroatoms. The normalized spacial score (nSPS) is 12.6. The molecule has 0 aromatic heterocycles. The minimum Gasteiger partial charge on any atom is -0.329 e. The van der Waals surface area contributed by atoms with Gasteiger partial charge in [0, 0.05) is 19.1 Å². The van der Waals surface area contributed by atoms with E-state index in [1.54, 1.807) is 13.0 Å². The average molecular weight is 286 g/mol. The van der Waals surface area contributed by atoms with Crippen LogP contribution in [0, 0.1) is 12.7 Å². The van der Waals surface area contributed by atoms with E-state index in [-0.39, 0.29) is 11.9 Å². The van der Waals surface area contributed by atoms with Crippen molar-refractivity contribution < 1.29 is 4.39 Å². The lowest BCUT2D eigenvalue weighted by molar-refractivity contribution is 0.203. The van der Waals surface area contributed by atoms with Crippen LogP contribution in [0.5, 0.6) is 0 Å². The number of nitrogens with zero attached hydrogens (tertiary/aromatic N) is 1. The van der Waals surface area contributed by atoms with Gasteiger partial charge in [-0.3, -0.25) is 4.90 Å². The van der Waals surface area contributed by atoms with Gasteiger partial charge in [-0.25, -0.2) is 4.39 Å². The van der Waals surface area contributed by atoms with Crippen LogP contribution in [0.15, 0.2) is 48.5 Å². The minimum absolute atomic E-state index is 0.0327. The molecule has 2 aromatic carbocycles. The number of hydrogen-bond donors (Lipinski definition) is 1. The van der Waals surface area contributed by atoms with Crippen LogP contribution in [0.2, 0.25) is 0 Å². The maximum atomic E-state index is 13.8. The Morgan fingerprint density at radius 1 is 1.14 bits per heavy atom. The van der Waals surface area contributed by atoms with Crippen LogP contribution in [0.25, 0.3) is 0 Å². The van der Waals surface area contributed by atoms with Gasteiger partial charge < -0.3 is 5.73 Å². The van der Waals surface area contributed by atoms with Crippen molar-refractivity contribution in [3.05, 3.63) is 71.0 Å². The van der Waals surface area contributed by atoms with Crippen molar-refractivity contribution in [2.75, 3.05) is 13.1 Å². The molecule has 1 unspecified atom stereocenters. The first-order valence-electron chi connectivity index (χ1n) is 7.39. The largest absolute Gasteiger partial charge is 0.329 e. The quantitative estimate of drug-likeness (QED) is 0.878. The molecule has 21 heavy (non-hydrogen) atoms. The molecule has 0 spiro atoms. The van der Waals surface area contributed by atoms with E-state index in [0.29, 0.717) is 12.1 Å². The zero-order valence-corrected chi connectivity index (χ0v) is 12.7. The second kappa shape index (κ2) is 7.34. The fourth-order valence-electron chi connectivity index (χ4n) is 2.57. The van der Waals surface area contributed by atoms with Crippen molar-refractivity contribution in [2.45, 2.75) is 26.4 Å². The molecule has 0 saturated carbocycles. The van der Waals surface area contributed by atoms with E-state index in [4.69, 9.17) is 5.73 Å². The number of aryl methyl sites for hydroxylation is 1. The van der Waals surface area contributed by atoms with Gasteiger partial charge in [-0.1, -0.05) is 49.4 Å². The Morgan fingerprint density at radius 3 is 2.43 bits per heavy atom. The topological polar surface area (TPSA) is 29.3 Å². The Labute approximate surface area is 126 Å². The lowest BCUT2D eigenvalue weighted by atomic mass is 10.0. The molecule has 2 rings (SSSR count). The third-order valence-electron chi connectivity index (χ3n) is 3.88. The average Bonchev–Trinajstić information content (AvgIpc) is 2.51. The summed E-state index contributed by atoms with van der Waals surface area (Å²) in [6, 6.07) is 15.7. The molecule has 0 bridgehead atoms. The smallest absolute Gasteiger partial charge is 0.126 e. The van der Waals surface area contributed by atoms with Gasteiger partial charge in [-0.2, -0.15) is 0 Å². The molecular formula is C18H23FN2. The highest BCUT2D eigenvalue weighted by Crippen LogP contribution is 2.23. The monoisotopic (exact) mass is 286 g/mol. The Hall–Kier alpha value is -1.71. The first-order valence-corrected chi connectivity index (χ1v) is 7.39. The zero-order chi connectivity index (χ0) is 15.2. The SMILES string of the molecule is CCN(Cc1ccccc1)C(CN)c1ccc(C)c(F)c1. The molecular weight excluding hydrogens is 263 g/mol. The summed E-state index contributed by atoms with van der Waals surface area (Å²) in [4.78, 5) is 2.28. The molecule has 0 aliphatic heterocycles. The number of rotatable bonds is 6. The first kappa shape index (κ1) is 15.7. The predicted molar refractivity (Wildman–Crippen MR) is 85.5 cm³/mol. The van der Waals surface area contributed by atoms with E-state index in [2.05, 4.69) is 24.0 Å². The summed E-state index contributed by atoms with van der Waals surface area (Å²) in [5, 5.41) is 0. The number of nitrogens with two attached hydrogens (primary N) is 1. The van der Waals surface area contributed by atoms with Crippen LogP contribution in [-0.2, 0) is 6.54 Å². The summed E-state index contributed by atoms with van der Waals surface area (Å²) in [5.74, 6) is -0.165. The maximum absolute atomic E-state index is 13.8. The van der Waals surface area contributed by atoms with Crippen molar-refractivity contribution in [1.29, 1.82) is 0 Å². The lowest BCUT2D eigenvalue weighted by Gasteiger charge is -2.30. The van der Waals surface area contributed by atoms with Crippen molar-refractivity contribution >= 4 is 0 Å². The summed E-state index contributed by atoms with van der Waals surface area (Å²) in [6.07, 6.45) is 0. The van der Waals surface area contributed by atoms with E-state index in [9.17, 15) is 4.39 Å². The summed E-state index contributed by atoms with van der Waals surface area (Å²) in [6.45, 7) is 6.04. The van der Waals surface area contributed by atoms with Crippen molar-refractivity contribution in [3.8, 4) is 0 Å². The summed E-state index contributed by atoms with van der Waals surface area (Å²) < 4.78 is 13.8. The van der Waals surface area contributed by atoms with Crippen LogP contribution in [0.4, 0.5) is 4.39 Å². The van der Waals surface area contributed by atoms with Gasteiger partial charge in [0.2, 0.25) is 0 Å². The number of halogens is 1. The molecule has 0 radical (unpaired) electrons.